The lowest BCUT2D eigenvalue weighted by Crippen LogP contribution is -2.19. The topological polar surface area (TPSA) is 53.1 Å². The van der Waals surface area contributed by atoms with Crippen LogP contribution in [0.5, 0.6) is 0 Å². The van der Waals surface area contributed by atoms with E-state index in [1.807, 2.05) is 0 Å². The van der Waals surface area contributed by atoms with Crippen molar-refractivity contribution in [2.24, 2.45) is 5.92 Å². The highest BCUT2D eigenvalue weighted by Gasteiger charge is 2.29. The molecule has 2 N–H and O–H groups in total. The van der Waals surface area contributed by atoms with Crippen molar-refractivity contribution >= 4 is 16.9 Å². The lowest BCUT2D eigenvalue weighted by Gasteiger charge is -2.29. The summed E-state index contributed by atoms with van der Waals surface area (Å²) in [5.74, 6) is -0.0376. The van der Waals surface area contributed by atoms with Crippen LogP contribution in [0.1, 0.15) is 62.5 Å². The smallest absolute Gasteiger partial charge is 0.303 e. The summed E-state index contributed by atoms with van der Waals surface area (Å²) in [6.07, 6.45) is 9.40. The van der Waals surface area contributed by atoms with Crippen molar-refractivity contribution in [3.8, 4) is 0 Å². The number of para-hydroxylation sites is 1. The Hall–Kier alpha value is -1.77. The average molecular weight is 299 g/mol. The Morgan fingerprint density at radius 1 is 1.32 bits per heavy atom. The van der Waals surface area contributed by atoms with Gasteiger partial charge in [-0.15, -0.1) is 0 Å². The molecule has 0 aliphatic heterocycles. The molecule has 0 bridgehead atoms. The molecule has 0 radical (unpaired) electrons. The Bertz CT molecular complexity index is 652. The molecule has 1 saturated carbocycles. The molecular formula is C19H25NO2. The summed E-state index contributed by atoms with van der Waals surface area (Å²) in [4.78, 5) is 14.8. The highest BCUT2D eigenvalue weighted by atomic mass is 16.4. The molecule has 1 aromatic heterocycles. The van der Waals surface area contributed by atoms with Gasteiger partial charge >= 0.3 is 5.97 Å². The van der Waals surface area contributed by atoms with Crippen molar-refractivity contribution in [1.29, 1.82) is 0 Å². The Morgan fingerprint density at radius 2 is 2.09 bits per heavy atom. The standard InChI is InChI=1S/C19H25NO2/c1-2-13-9-6-10-15-17(12-20-19(13)15)16(11-18(21)22)14-7-4-3-5-8-14/h6,9-10,12,14,16,20H,2-5,7-8,11H2,1H3,(H,21,22)/t16-/m1/s1. The number of carbonyl (C=O) groups is 1. The molecular weight excluding hydrogens is 274 g/mol. The maximum Gasteiger partial charge on any atom is 0.303 e. The molecule has 0 spiro atoms. The second-order valence-corrected chi connectivity index (χ2v) is 6.54. The molecule has 3 heteroatoms. The van der Waals surface area contributed by atoms with Gasteiger partial charge in [0.25, 0.3) is 0 Å². The van der Waals surface area contributed by atoms with E-state index in [2.05, 4.69) is 36.3 Å². The lowest BCUT2D eigenvalue weighted by molar-refractivity contribution is -0.137. The molecule has 118 valence electrons. The van der Waals surface area contributed by atoms with E-state index in [0.717, 1.165) is 19.3 Å². The van der Waals surface area contributed by atoms with Crippen molar-refractivity contribution in [1.82, 2.24) is 4.98 Å². The SMILES string of the molecule is CCc1cccc2c([C@H](CC(=O)O)C3CCCCC3)c[nH]c12. The Balaban J connectivity index is 2.01. The van der Waals surface area contributed by atoms with Gasteiger partial charge in [0, 0.05) is 17.1 Å². The predicted molar refractivity (Wildman–Crippen MR) is 89.2 cm³/mol. The largest absolute Gasteiger partial charge is 0.481 e. The van der Waals surface area contributed by atoms with Crippen molar-refractivity contribution < 1.29 is 9.90 Å². The van der Waals surface area contributed by atoms with E-state index in [9.17, 15) is 9.90 Å². The van der Waals surface area contributed by atoms with Crippen molar-refractivity contribution in [2.45, 2.75) is 57.8 Å². The summed E-state index contributed by atoms with van der Waals surface area (Å²) < 4.78 is 0. The predicted octanol–water partition coefficient (Wildman–Crippen LogP) is 4.87. The Labute approximate surface area is 131 Å². The fourth-order valence-electron chi connectivity index (χ4n) is 4.10. The molecule has 1 aliphatic carbocycles. The maximum atomic E-state index is 11.4. The molecule has 1 aromatic carbocycles. The monoisotopic (exact) mass is 299 g/mol. The number of carboxylic acids is 1. The molecule has 3 rings (SSSR count). The summed E-state index contributed by atoms with van der Waals surface area (Å²) in [5, 5.41) is 10.6. The molecule has 0 amide bonds. The second-order valence-electron chi connectivity index (χ2n) is 6.54. The Morgan fingerprint density at radius 3 is 2.77 bits per heavy atom. The molecule has 1 aliphatic rings. The molecule has 0 saturated heterocycles. The van der Waals surface area contributed by atoms with Gasteiger partial charge < -0.3 is 10.1 Å². The van der Waals surface area contributed by atoms with Crippen LogP contribution in [0.2, 0.25) is 0 Å². The third-order valence-corrected chi connectivity index (χ3v) is 5.23. The molecule has 1 atom stereocenters. The number of H-pyrrole nitrogens is 1. The number of benzene rings is 1. The summed E-state index contributed by atoms with van der Waals surface area (Å²) >= 11 is 0. The molecule has 2 aromatic rings. The first kappa shape index (κ1) is 15.1. The summed E-state index contributed by atoms with van der Waals surface area (Å²) in [6, 6.07) is 6.38. The average Bonchev–Trinajstić information content (AvgIpc) is 2.97. The minimum Gasteiger partial charge on any atom is -0.481 e. The van der Waals surface area contributed by atoms with Gasteiger partial charge in [-0.05, 0) is 42.2 Å². The van der Waals surface area contributed by atoms with E-state index in [1.165, 1.54) is 41.3 Å². The van der Waals surface area contributed by atoms with E-state index in [1.54, 1.807) is 0 Å². The summed E-state index contributed by atoms with van der Waals surface area (Å²) in [5.41, 5.74) is 3.70. The first-order valence-corrected chi connectivity index (χ1v) is 8.51. The van der Waals surface area contributed by atoms with E-state index in [4.69, 9.17) is 0 Å². The number of carboxylic acid groups (broad SMARTS) is 1. The zero-order valence-corrected chi connectivity index (χ0v) is 13.3. The highest BCUT2D eigenvalue weighted by molar-refractivity contribution is 5.87. The number of aryl methyl sites for hydroxylation is 1. The summed E-state index contributed by atoms with van der Waals surface area (Å²) in [6.45, 7) is 2.16. The molecule has 1 heterocycles. The minimum absolute atomic E-state index is 0.138. The quantitative estimate of drug-likeness (QED) is 0.827. The first-order chi connectivity index (χ1) is 10.7. The van der Waals surface area contributed by atoms with Gasteiger partial charge in [-0.3, -0.25) is 4.79 Å². The van der Waals surface area contributed by atoms with Crippen LogP contribution in [0.15, 0.2) is 24.4 Å². The zero-order valence-electron chi connectivity index (χ0n) is 13.3. The number of hydrogen-bond acceptors (Lipinski definition) is 1. The minimum atomic E-state index is -0.684. The van der Waals surface area contributed by atoms with Crippen molar-refractivity contribution in [2.75, 3.05) is 0 Å². The molecule has 3 nitrogen and oxygen atoms in total. The lowest BCUT2D eigenvalue weighted by atomic mass is 9.75. The van der Waals surface area contributed by atoms with Gasteiger partial charge in [0.05, 0.1) is 6.42 Å². The molecule has 1 fully saturated rings. The van der Waals surface area contributed by atoms with Crippen LogP contribution in [-0.4, -0.2) is 16.1 Å². The van der Waals surface area contributed by atoms with E-state index in [-0.39, 0.29) is 12.3 Å². The maximum absolute atomic E-state index is 11.4. The van der Waals surface area contributed by atoms with E-state index >= 15 is 0 Å². The van der Waals surface area contributed by atoms with Gasteiger partial charge in [0.15, 0.2) is 0 Å². The highest BCUT2D eigenvalue weighted by Crippen LogP contribution is 2.41. The van der Waals surface area contributed by atoms with Gasteiger partial charge in [-0.25, -0.2) is 0 Å². The van der Waals surface area contributed by atoms with Crippen molar-refractivity contribution in [3.63, 3.8) is 0 Å². The van der Waals surface area contributed by atoms with Crippen LogP contribution in [0.25, 0.3) is 10.9 Å². The first-order valence-electron chi connectivity index (χ1n) is 8.51. The van der Waals surface area contributed by atoms with Crippen LogP contribution in [0.4, 0.5) is 0 Å². The number of aromatic amines is 1. The van der Waals surface area contributed by atoms with Crippen LogP contribution >= 0.6 is 0 Å². The number of aromatic nitrogens is 1. The summed E-state index contributed by atoms with van der Waals surface area (Å²) in [7, 11) is 0. The van der Waals surface area contributed by atoms with E-state index in [0.29, 0.717) is 5.92 Å². The van der Waals surface area contributed by atoms with E-state index < -0.39 is 5.97 Å². The normalized spacial score (nSPS) is 17.7. The van der Waals surface area contributed by atoms with Gasteiger partial charge in [-0.1, -0.05) is 44.4 Å². The van der Waals surface area contributed by atoms with Gasteiger partial charge in [-0.2, -0.15) is 0 Å². The van der Waals surface area contributed by atoms with Crippen molar-refractivity contribution in [3.05, 3.63) is 35.5 Å². The third kappa shape index (κ3) is 2.90. The Kier molecular flexibility index (Phi) is 4.51. The molecule has 0 unspecified atom stereocenters. The number of fused-ring (bicyclic) bond motifs is 1. The molecule has 22 heavy (non-hydrogen) atoms. The number of hydrogen-bond donors (Lipinski definition) is 2. The number of rotatable bonds is 5. The number of nitrogens with one attached hydrogen (secondary N) is 1. The van der Waals surface area contributed by atoms with Crippen LogP contribution in [0.3, 0.4) is 0 Å². The third-order valence-electron chi connectivity index (χ3n) is 5.23. The number of aliphatic carboxylic acids is 1. The van der Waals surface area contributed by atoms with Gasteiger partial charge in [0.1, 0.15) is 0 Å². The second kappa shape index (κ2) is 6.55. The van der Waals surface area contributed by atoms with Crippen LogP contribution in [0, 0.1) is 5.92 Å². The van der Waals surface area contributed by atoms with Crippen LogP contribution in [-0.2, 0) is 11.2 Å². The fraction of sp³-hybridized carbons (Fsp3) is 0.526. The van der Waals surface area contributed by atoms with Crippen LogP contribution < -0.4 is 0 Å². The van der Waals surface area contributed by atoms with Gasteiger partial charge in [0.2, 0.25) is 0 Å². The fourth-order valence-corrected chi connectivity index (χ4v) is 4.10. The zero-order chi connectivity index (χ0) is 15.5.